The molecule has 0 radical (unpaired) electrons. The first-order chi connectivity index (χ1) is 15.7. The lowest BCUT2D eigenvalue weighted by molar-refractivity contribution is -0.114. The molecular formula is C23H26ClN5O3S. The van der Waals surface area contributed by atoms with Crippen LogP contribution in [0.25, 0.3) is 22.8 Å². The van der Waals surface area contributed by atoms with Crippen molar-refractivity contribution in [3.8, 4) is 5.82 Å². The predicted molar refractivity (Wildman–Crippen MR) is 131 cm³/mol. The van der Waals surface area contributed by atoms with Gasteiger partial charge in [0.2, 0.25) is 10.0 Å². The summed E-state index contributed by atoms with van der Waals surface area (Å²) in [6.45, 7) is 2.68. The molecule has 0 bridgehead atoms. The zero-order valence-corrected chi connectivity index (χ0v) is 20.0. The van der Waals surface area contributed by atoms with E-state index in [-0.39, 0.29) is 5.75 Å². The smallest absolute Gasteiger partial charge is 0.257 e. The zero-order chi connectivity index (χ0) is 23.6. The fraction of sp³-hybridized carbons (Fsp3) is 0.304. The van der Waals surface area contributed by atoms with E-state index in [9.17, 15) is 13.2 Å². The summed E-state index contributed by atoms with van der Waals surface area (Å²) >= 11 is 6.10. The maximum atomic E-state index is 12.3. The summed E-state index contributed by atoms with van der Waals surface area (Å²) in [5, 5.41) is 9.16. The Hall–Kier alpha value is -3.04. The van der Waals surface area contributed by atoms with Crippen LogP contribution in [0.5, 0.6) is 0 Å². The molecule has 1 fully saturated rings. The molecule has 1 saturated carbocycles. The van der Waals surface area contributed by atoms with Gasteiger partial charge in [-0.2, -0.15) is 5.10 Å². The first kappa shape index (κ1) is 23.1. The fourth-order valence-electron chi connectivity index (χ4n) is 3.64. The molecule has 33 heavy (non-hydrogen) atoms. The molecule has 2 aromatic heterocycles. The van der Waals surface area contributed by atoms with Gasteiger partial charge >= 0.3 is 0 Å². The van der Waals surface area contributed by atoms with Crippen molar-refractivity contribution in [2.75, 3.05) is 12.3 Å². The first-order valence-corrected chi connectivity index (χ1v) is 12.7. The van der Waals surface area contributed by atoms with E-state index in [0.29, 0.717) is 22.2 Å². The van der Waals surface area contributed by atoms with E-state index in [2.05, 4.69) is 15.1 Å². The number of nitrogens with one attached hydrogen (secondary N) is 2. The van der Waals surface area contributed by atoms with Gasteiger partial charge in [0.15, 0.2) is 0 Å². The number of halogens is 1. The molecule has 0 atom stereocenters. The molecule has 10 heteroatoms. The third-order valence-corrected chi connectivity index (χ3v) is 6.81. The lowest BCUT2D eigenvalue weighted by Crippen LogP contribution is -2.30. The number of carbonyl (C=O) groups excluding carboxylic acids is 1. The number of rotatable bonds is 9. The van der Waals surface area contributed by atoms with E-state index in [1.165, 1.54) is 25.0 Å². The highest BCUT2D eigenvalue weighted by Gasteiger charge is 2.20. The van der Waals surface area contributed by atoms with Crippen LogP contribution >= 0.6 is 11.6 Å². The maximum absolute atomic E-state index is 12.3. The van der Waals surface area contributed by atoms with Gasteiger partial charge in [-0.15, -0.1) is 0 Å². The molecule has 4 rings (SSSR count). The molecule has 1 aromatic carbocycles. The molecule has 1 amide bonds. The molecule has 0 spiro atoms. The van der Waals surface area contributed by atoms with Gasteiger partial charge in [-0.05, 0) is 62.2 Å². The largest absolute Gasteiger partial charge is 0.391 e. The molecule has 0 unspecified atom stereocenters. The number of sulfonamides is 1. The van der Waals surface area contributed by atoms with Gasteiger partial charge in [-0.3, -0.25) is 9.48 Å². The summed E-state index contributed by atoms with van der Waals surface area (Å²) in [6.07, 6.45) is 10.2. The molecule has 1 aliphatic carbocycles. The number of carbonyl (C=O) groups is 1. The van der Waals surface area contributed by atoms with Crippen molar-refractivity contribution in [3.63, 3.8) is 0 Å². The maximum Gasteiger partial charge on any atom is 0.257 e. The number of hydrogen-bond donors (Lipinski definition) is 2. The minimum absolute atomic E-state index is 0.278. The van der Waals surface area contributed by atoms with E-state index >= 15 is 0 Å². The van der Waals surface area contributed by atoms with Crippen LogP contribution in [0.4, 0.5) is 0 Å². The molecule has 0 saturated heterocycles. The van der Waals surface area contributed by atoms with Crippen molar-refractivity contribution in [2.24, 2.45) is 13.0 Å². The third-order valence-electron chi connectivity index (χ3n) is 5.43. The second-order valence-corrected chi connectivity index (χ2v) is 10.4. The number of fused-ring (bicyclic) bond motifs is 1. The Labute approximate surface area is 198 Å². The Morgan fingerprint density at radius 1 is 1.30 bits per heavy atom. The van der Waals surface area contributed by atoms with Gasteiger partial charge in [-0.25, -0.2) is 13.1 Å². The fourth-order valence-corrected chi connectivity index (χ4v) is 4.63. The summed E-state index contributed by atoms with van der Waals surface area (Å²) in [6, 6.07) is 7.55. The van der Waals surface area contributed by atoms with Crippen LogP contribution in [0.1, 0.15) is 24.1 Å². The minimum atomic E-state index is -3.78. The van der Waals surface area contributed by atoms with Gasteiger partial charge in [0.25, 0.3) is 5.91 Å². The Balaban J connectivity index is 1.48. The predicted octanol–water partition coefficient (Wildman–Crippen LogP) is 3.30. The average molecular weight is 488 g/mol. The van der Waals surface area contributed by atoms with Gasteiger partial charge in [0, 0.05) is 41.8 Å². The van der Waals surface area contributed by atoms with E-state index in [4.69, 9.17) is 11.6 Å². The number of hydrogen-bond acceptors (Lipinski definition) is 5. The molecule has 174 valence electrons. The monoisotopic (exact) mass is 487 g/mol. The van der Waals surface area contributed by atoms with E-state index in [0.717, 1.165) is 23.3 Å². The number of aryl methyl sites for hydroxylation is 2. The molecule has 0 aliphatic heterocycles. The van der Waals surface area contributed by atoms with Crippen molar-refractivity contribution >= 4 is 44.5 Å². The van der Waals surface area contributed by atoms with E-state index < -0.39 is 15.9 Å². The highest BCUT2D eigenvalue weighted by molar-refractivity contribution is 7.90. The highest BCUT2D eigenvalue weighted by atomic mass is 35.5. The topological polar surface area (TPSA) is 98.0 Å². The minimum Gasteiger partial charge on any atom is -0.391 e. The van der Waals surface area contributed by atoms with Gasteiger partial charge in [-0.1, -0.05) is 17.7 Å². The Kier molecular flexibility index (Phi) is 6.62. The molecular weight excluding hydrogens is 462 g/mol. The Morgan fingerprint density at radius 2 is 2.09 bits per heavy atom. The first-order valence-electron chi connectivity index (χ1n) is 10.6. The summed E-state index contributed by atoms with van der Waals surface area (Å²) < 4.78 is 30.1. The van der Waals surface area contributed by atoms with Crippen LogP contribution in [0.3, 0.4) is 0 Å². The molecule has 2 N–H and O–H groups in total. The van der Waals surface area contributed by atoms with Crippen LogP contribution in [0.2, 0.25) is 5.02 Å². The molecule has 1 aliphatic rings. The normalized spacial score (nSPS) is 14.5. The number of benzene rings is 1. The van der Waals surface area contributed by atoms with Crippen LogP contribution in [-0.4, -0.2) is 41.0 Å². The second kappa shape index (κ2) is 9.44. The Morgan fingerprint density at radius 3 is 2.85 bits per heavy atom. The highest BCUT2D eigenvalue weighted by Crippen LogP contribution is 2.28. The summed E-state index contributed by atoms with van der Waals surface area (Å²) in [7, 11) is -1.96. The number of aromatic nitrogens is 3. The van der Waals surface area contributed by atoms with Crippen LogP contribution in [0, 0.1) is 12.8 Å². The standard InChI is InChI=1S/C23H26ClN5O3S/c1-16-20(7-9-22(30)27-33(31,32)13-3-11-25-15-17-4-5-17)23(28(2)26-16)29-12-10-18-14-19(24)6-8-21(18)29/h3,6-12,14,17,25H,4-5,13,15H2,1-2H3,(H,27,30)/b9-7+,11-3?. The lowest BCUT2D eigenvalue weighted by atomic mass is 10.2. The summed E-state index contributed by atoms with van der Waals surface area (Å²) in [5.74, 6) is 0.452. The molecule has 2 heterocycles. The van der Waals surface area contributed by atoms with Crippen molar-refractivity contribution in [2.45, 2.75) is 19.8 Å². The van der Waals surface area contributed by atoms with E-state index in [1.54, 1.807) is 17.0 Å². The van der Waals surface area contributed by atoms with Gasteiger partial charge in [0.05, 0.1) is 17.0 Å². The van der Waals surface area contributed by atoms with Crippen molar-refractivity contribution in [1.82, 2.24) is 24.4 Å². The van der Waals surface area contributed by atoms with Crippen molar-refractivity contribution in [1.29, 1.82) is 0 Å². The van der Waals surface area contributed by atoms with Crippen LogP contribution in [-0.2, 0) is 21.9 Å². The molecule has 3 aromatic rings. The van der Waals surface area contributed by atoms with Crippen LogP contribution in [0.15, 0.2) is 48.8 Å². The quantitative estimate of drug-likeness (QED) is 0.451. The summed E-state index contributed by atoms with van der Waals surface area (Å²) in [5.41, 5.74) is 2.35. The number of amides is 1. The van der Waals surface area contributed by atoms with Gasteiger partial charge < -0.3 is 9.88 Å². The Bertz CT molecular complexity index is 1350. The SMILES string of the molecule is Cc1nn(C)c(-n2ccc3cc(Cl)ccc32)c1/C=C/C(=O)NS(=O)(=O)CC=CNCC1CC1. The number of nitrogens with zero attached hydrogens (tertiary/aromatic N) is 3. The van der Waals surface area contributed by atoms with E-state index in [1.807, 2.05) is 49.0 Å². The third kappa shape index (κ3) is 5.66. The van der Waals surface area contributed by atoms with Crippen LogP contribution < -0.4 is 10.0 Å². The lowest BCUT2D eigenvalue weighted by Gasteiger charge is -2.08. The average Bonchev–Trinajstić information content (AvgIpc) is 3.41. The zero-order valence-electron chi connectivity index (χ0n) is 18.5. The second-order valence-electron chi connectivity index (χ2n) is 8.17. The van der Waals surface area contributed by atoms with Gasteiger partial charge in [0.1, 0.15) is 5.82 Å². The van der Waals surface area contributed by atoms with Crippen molar-refractivity contribution in [3.05, 3.63) is 65.1 Å². The molecule has 8 nitrogen and oxygen atoms in total. The van der Waals surface area contributed by atoms with Crippen molar-refractivity contribution < 1.29 is 13.2 Å². The summed E-state index contributed by atoms with van der Waals surface area (Å²) in [4.78, 5) is 12.3.